The zero-order valence-electron chi connectivity index (χ0n) is 10.5. The van der Waals surface area contributed by atoms with Crippen molar-refractivity contribution >= 4 is 5.91 Å². The molecule has 1 aromatic rings. The molecule has 1 aromatic carbocycles. The van der Waals surface area contributed by atoms with Crippen molar-refractivity contribution < 1.29 is 14.3 Å². The Hall–Kier alpha value is -1.42. The number of β-amino-alcohol motifs (C(OH)–C–C–N with tert-alkyl or cyclic N) is 1. The molecule has 0 aliphatic carbocycles. The Balaban J connectivity index is 1.90. The fourth-order valence-electron chi connectivity index (χ4n) is 2.38. The first-order valence-corrected chi connectivity index (χ1v) is 6.27. The van der Waals surface area contributed by atoms with Gasteiger partial charge in [0.1, 0.15) is 5.82 Å². The van der Waals surface area contributed by atoms with E-state index in [-0.39, 0.29) is 18.1 Å². The van der Waals surface area contributed by atoms with Crippen LogP contribution in [0, 0.1) is 5.82 Å². The van der Waals surface area contributed by atoms with Crippen LogP contribution in [0.3, 0.4) is 0 Å². The van der Waals surface area contributed by atoms with Crippen LogP contribution >= 0.6 is 0 Å². The zero-order valence-corrected chi connectivity index (χ0v) is 10.5. The summed E-state index contributed by atoms with van der Waals surface area (Å²) in [6.07, 6.45) is 1.66. The van der Waals surface area contributed by atoms with Crippen LogP contribution in [0.2, 0.25) is 0 Å². The van der Waals surface area contributed by atoms with Gasteiger partial charge in [-0.25, -0.2) is 4.39 Å². The summed E-state index contributed by atoms with van der Waals surface area (Å²) >= 11 is 0. The third-order valence-corrected chi connectivity index (χ3v) is 3.34. The second-order valence-corrected chi connectivity index (χ2v) is 4.99. The van der Waals surface area contributed by atoms with E-state index in [9.17, 15) is 14.3 Å². The largest absolute Gasteiger partial charge is 0.386 e. The predicted molar refractivity (Wildman–Crippen MR) is 66.5 cm³/mol. The van der Waals surface area contributed by atoms with E-state index in [4.69, 9.17) is 0 Å². The van der Waals surface area contributed by atoms with Crippen molar-refractivity contribution in [3.05, 3.63) is 35.6 Å². The Morgan fingerprint density at radius 2 is 2.11 bits per heavy atom. The highest BCUT2D eigenvalue weighted by atomic mass is 19.1. The third kappa shape index (κ3) is 2.70. The Morgan fingerprint density at radius 1 is 1.44 bits per heavy atom. The van der Waals surface area contributed by atoms with Crippen molar-refractivity contribution in [1.29, 1.82) is 0 Å². The number of carbonyl (C=O) groups is 1. The molecule has 0 radical (unpaired) electrons. The Kier molecular flexibility index (Phi) is 3.66. The van der Waals surface area contributed by atoms with Crippen LogP contribution in [0.5, 0.6) is 0 Å². The molecule has 2 rings (SSSR count). The van der Waals surface area contributed by atoms with E-state index < -0.39 is 5.60 Å². The SMILES string of the molecule is CCCC1(O)CN(C(=O)Cc2ccccc2F)C1. The lowest BCUT2D eigenvalue weighted by atomic mass is 9.89. The van der Waals surface area contributed by atoms with Gasteiger partial charge in [0, 0.05) is 0 Å². The van der Waals surface area contributed by atoms with Crippen molar-refractivity contribution in [2.24, 2.45) is 0 Å². The highest BCUT2D eigenvalue weighted by molar-refractivity contribution is 5.80. The molecule has 1 heterocycles. The Bertz CT molecular complexity index is 441. The summed E-state index contributed by atoms with van der Waals surface area (Å²) in [6.45, 7) is 2.74. The summed E-state index contributed by atoms with van der Waals surface area (Å²) in [7, 11) is 0. The van der Waals surface area contributed by atoms with Gasteiger partial charge in [-0.15, -0.1) is 0 Å². The molecule has 1 N–H and O–H groups in total. The molecule has 3 nitrogen and oxygen atoms in total. The average Bonchev–Trinajstić information content (AvgIpc) is 2.29. The van der Waals surface area contributed by atoms with Gasteiger partial charge in [-0.3, -0.25) is 4.79 Å². The fraction of sp³-hybridized carbons (Fsp3) is 0.500. The van der Waals surface area contributed by atoms with E-state index in [1.807, 2.05) is 6.92 Å². The molecule has 1 aliphatic heterocycles. The van der Waals surface area contributed by atoms with Crippen LogP contribution in [-0.2, 0) is 11.2 Å². The maximum atomic E-state index is 13.4. The summed E-state index contributed by atoms with van der Waals surface area (Å²) in [5, 5.41) is 9.98. The first-order chi connectivity index (χ1) is 8.54. The molecule has 0 spiro atoms. The molecule has 1 fully saturated rings. The number of amides is 1. The van der Waals surface area contributed by atoms with Crippen molar-refractivity contribution in [2.45, 2.75) is 31.8 Å². The van der Waals surface area contributed by atoms with Gasteiger partial charge in [-0.2, -0.15) is 0 Å². The average molecular weight is 251 g/mol. The standard InChI is InChI=1S/C14H18FNO2/c1-2-7-14(18)9-16(10-14)13(17)8-11-5-3-4-6-12(11)15/h3-6,18H,2,7-10H2,1H3. The smallest absolute Gasteiger partial charge is 0.227 e. The van der Waals surface area contributed by atoms with Gasteiger partial charge in [-0.1, -0.05) is 31.5 Å². The number of aliphatic hydroxyl groups is 1. The van der Waals surface area contributed by atoms with Crippen LogP contribution in [0.15, 0.2) is 24.3 Å². The third-order valence-electron chi connectivity index (χ3n) is 3.34. The van der Waals surface area contributed by atoms with E-state index in [0.717, 1.165) is 6.42 Å². The summed E-state index contributed by atoms with van der Waals surface area (Å²) in [5.74, 6) is -0.476. The van der Waals surface area contributed by atoms with Gasteiger partial charge in [0.25, 0.3) is 0 Å². The number of hydrogen-bond donors (Lipinski definition) is 1. The Morgan fingerprint density at radius 3 is 2.72 bits per heavy atom. The molecule has 0 atom stereocenters. The van der Waals surface area contributed by atoms with Gasteiger partial charge in [0.2, 0.25) is 5.91 Å². The Labute approximate surface area is 106 Å². The number of benzene rings is 1. The second-order valence-electron chi connectivity index (χ2n) is 4.99. The zero-order chi connectivity index (χ0) is 13.2. The topological polar surface area (TPSA) is 40.5 Å². The number of rotatable bonds is 4. The molecular formula is C14H18FNO2. The van der Waals surface area contributed by atoms with Crippen molar-refractivity contribution in [3.8, 4) is 0 Å². The lowest BCUT2D eigenvalue weighted by molar-refractivity contribution is -0.155. The van der Waals surface area contributed by atoms with Gasteiger partial charge in [-0.05, 0) is 18.1 Å². The summed E-state index contributed by atoms with van der Waals surface area (Å²) < 4.78 is 13.4. The summed E-state index contributed by atoms with van der Waals surface area (Å²) in [6, 6.07) is 6.29. The maximum Gasteiger partial charge on any atom is 0.227 e. The lowest BCUT2D eigenvalue weighted by Crippen LogP contribution is -2.63. The highest BCUT2D eigenvalue weighted by Crippen LogP contribution is 2.26. The molecule has 4 heteroatoms. The predicted octanol–water partition coefficient (Wildman–Crippen LogP) is 1.74. The van der Waals surface area contributed by atoms with Crippen LogP contribution in [0.1, 0.15) is 25.3 Å². The molecule has 98 valence electrons. The number of nitrogens with zero attached hydrogens (tertiary/aromatic N) is 1. The highest BCUT2D eigenvalue weighted by Gasteiger charge is 2.42. The summed E-state index contributed by atoms with van der Waals surface area (Å²) in [4.78, 5) is 13.5. The first kappa shape index (κ1) is 13.0. The molecule has 1 aliphatic rings. The monoisotopic (exact) mass is 251 g/mol. The fourth-order valence-corrected chi connectivity index (χ4v) is 2.38. The second kappa shape index (κ2) is 5.06. The van der Waals surface area contributed by atoms with E-state index in [1.54, 1.807) is 23.1 Å². The van der Waals surface area contributed by atoms with Crippen LogP contribution in [0.25, 0.3) is 0 Å². The minimum Gasteiger partial charge on any atom is -0.386 e. The quantitative estimate of drug-likeness (QED) is 0.885. The van der Waals surface area contributed by atoms with Crippen molar-refractivity contribution in [2.75, 3.05) is 13.1 Å². The molecule has 0 bridgehead atoms. The molecule has 18 heavy (non-hydrogen) atoms. The van der Waals surface area contributed by atoms with Crippen LogP contribution < -0.4 is 0 Å². The number of carbonyl (C=O) groups excluding carboxylic acids is 1. The minimum atomic E-state index is -0.723. The molecule has 0 unspecified atom stereocenters. The number of hydrogen-bond acceptors (Lipinski definition) is 2. The van der Waals surface area contributed by atoms with Gasteiger partial charge in [0.05, 0.1) is 25.1 Å². The molecule has 0 aromatic heterocycles. The van der Waals surface area contributed by atoms with Gasteiger partial charge < -0.3 is 10.0 Å². The van der Waals surface area contributed by atoms with Crippen LogP contribution in [0.4, 0.5) is 4.39 Å². The van der Waals surface area contributed by atoms with Gasteiger partial charge in [0.15, 0.2) is 0 Å². The lowest BCUT2D eigenvalue weighted by Gasteiger charge is -2.46. The number of likely N-dealkylation sites (tertiary alicyclic amines) is 1. The molecular weight excluding hydrogens is 233 g/mol. The van der Waals surface area contributed by atoms with Crippen molar-refractivity contribution in [3.63, 3.8) is 0 Å². The maximum absolute atomic E-state index is 13.4. The molecule has 0 saturated carbocycles. The van der Waals surface area contributed by atoms with Gasteiger partial charge >= 0.3 is 0 Å². The minimum absolute atomic E-state index is 0.0644. The van der Waals surface area contributed by atoms with Crippen molar-refractivity contribution in [1.82, 2.24) is 4.90 Å². The van der Waals surface area contributed by atoms with E-state index in [1.165, 1.54) is 6.07 Å². The molecule has 1 amide bonds. The van der Waals surface area contributed by atoms with E-state index in [2.05, 4.69) is 0 Å². The van der Waals surface area contributed by atoms with Crippen LogP contribution in [-0.4, -0.2) is 34.6 Å². The normalized spacial score (nSPS) is 17.4. The first-order valence-electron chi connectivity index (χ1n) is 6.27. The number of halogens is 1. The summed E-state index contributed by atoms with van der Waals surface area (Å²) in [5.41, 5.74) is -0.312. The molecule has 1 saturated heterocycles. The van der Waals surface area contributed by atoms with E-state index >= 15 is 0 Å². The van der Waals surface area contributed by atoms with E-state index in [0.29, 0.717) is 25.1 Å².